The largest absolute Gasteiger partial charge is 0.487 e. The molecule has 0 saturated heterocycles. The highest BCUT2D eigenvalue weighted by molar-refractivity contribution is 6.42. The van der Waals surface area contributed by atoms with Gasteiger partial charge >= 0.3 is 0 Å². The predicted molar refractivity (Wildman–Crippen MR) is 331 cm³/mol. The van der Waals surface area contributed by atoms with Gasteiger partial charge in [0.05, 0.1) is 125 Å². The number of carbonyl (C=O) groups excluding carboxylic acids is 2. The minimum absolute atomic E-state index is 0.114. The van der Waals surface area contributed by atoms with Crippen molar-refractivity contribution in [2.45, 2.75) is 13.1 Å². The summed E-state index contributed by atoms with van der Waals surface area (Å²) < 4.78 is 104. The first kappa shape index (κ1) is 65.5. The van der Waals surface area contributed by atoms with Gasteiger partial charge in [-0.15, -0.1) is 0 Å². The van der Waals surface area contributed by atoms with E-state index in [4.69, 9.17) is 85.3 Å². The lowest BCUT2D eigenvalue weighted by Crippen LogP contribution is -2.40. The highest BCUT2D eigenvalue weighted by Gasteiger charge is 2.37. The molecular formula is C66H82N2O20. The molecule has 0 aromatic heterocycles. The van der Waals surface area contributed by atoms with Crippen LogP contribution in [0.1, 0.15) is 31.8 Å². The molecule has 0 saturated carbocycles. The fourth-order valence-electron chi connectivity index (χ4n) is 10.7. The van der Waals surface area contributed by atoms with E-state index in [0.717, 1.165) is 54.5 Å². The van der Waals surface area contributed by atoms with Crippen molar-refractivity contribution in [3.05, 3.63) is 95.1 Å². The van der Waals surface area contributed by atoms with E-state index in [1.54, 1.807) is 54.8 Å². The average Bonchev–Trinajstić information content (AvgIpc) is 0.870. The number of fused-ring (bicyclic) bond motifs is 2. The summed E-state index contributed by atoms with van der Waals surface area (Å²) in [5.41, 5.74) is 4.11. The lowest BCUT2D eigenvalue weighted by Gasteiger charge is -2.33. The monoisotopic (exact) mass is 1220 g/mol. The summed E-state index contributed by atoms with van der Waals surface area (Å²) in [6, 6.07) is 23.6. The van der Waals surface area contributed by atoms with Gasteiger partial charge in [0, 0.05) is 102 Å². The number of ether oxygens (including phenoxy) is 18. The van der Waals surface area contributed by atoms with Crippen LogP contribution in [0.5, 0.6) is 34.5 Å². The van der Waals surface area contributed by atoms with E-state index in [1.165, 1.54) is 4.90 Å². The van der Waals surface area contributed by atoms with Gasteiger partial charge in [0.15, 0.2) is 23.0 Å². The number of hydrogen-bond acceptors (Lipinski definition) is 21. The maximum absolute atomic E-state index is 15.2. The second-order valence-corrected chi connectivity index (χ2v) is 20.4. The molecule has 0 radical (unpaired) electrons. The van der Waals surface area contributed by atoms with Gasteiger partial charge in [-0.25, -0.2) is 4.90 Å². The van der Waals surface area contributed by atoms with Crippen LogP contribution in [-0.4, -0.2) is 213 Å². The highest BCUT2D eigenvalue weighted by Crippen LogP contribution is 2.50. The summed E-state index contributed by atoms with van der Waals surface area (Å²) in [6.07, 6.45) is 0. The number of methoxy groups -OCH3 is 6. The fraction of sp³-hybridized carbons (Fsp3) is 0.485. The zero-order chi connectivity index (χ0) is 61.5. The summed E-state index contributed by atoms with van der Waals surface area (Å²) in [5.74, 6) is 1.17. The van der Waals surface area contributed by atoms with E-state index >= 15 is 9.59 Å². The molecule has 9 rings (SSSR count). The van der Waals surface area contributed by atoms with E-state index < -0.39 is 11.8 Å². The standard InChI is InChI=1S/C66H82N2O20/c1-71-15-21-77-27-33-83-55-39-47(40-56(84-34-28-78-22-16-72-2)63(55)87-37-31-81-25-19-75-5)67-43-45-7-9-49-51-11-13-53-62-54(14-12-52(61(51)62)50-10-8-46(44-67)59(45)60(49)50)66(70)68(65(53)69)48-41-57(85-35-29-79-23-17-73-3)64(88-38-32-82-26-20-76-6)58(42-48)86-36-30-80-24-18-74-4/h7-14,39-42H,15-38,43-44H2,1-6H3. The molecule has 0 N–H and O–H groups in total. The fourth-order valence-corrected chi connectivity index (χ4v) is 10.7. The first-order valence-corrected chi connectivity index (χ1v) is 29.7. The van der Waals surface area contributed by atoms with Crippen LogP contribution in [0.15, 0.2) is 72.8 Å². The molecule has 0 spiro atoms. The highest BCUT2D eigenvalue weighted by atomic mass is 16.6. The lowest BCUT2D eigenvalue weighted by atomic mass is 9.82. The molecule has 7 aromatic carbocycles. The average molecular weight is 1220 g/mol. The summed E-state index contributed by atoms with van der Waals surface area (Å²) in [6.45, 7) is 8.99. The van der Waals surface area contributed by atoms with Crippen molar-refractivity contribution in [3.63, 3.8) is 0 Å². The van der Waals surface area contributed by atoms with Crippen molar-refractivity contribution in [1.82, 2.24) is 0 Å². The Balaban J connectivity index is 1.04. The Labute approximate surface area is 513 Å². The molecule has 0 fully saturated rings. The van der Waals surface area contributed by atoms with Gasteiger partial charge in [0.2, 0.25) is 11.5 Å². The first-order valence-electron chi connectivity index (χ1n) is 29.7. The Morgan fingerprint density at radius 2 is 0.591 bits per heavy atom. The summed E-state index contributed by atoms with van der Waals surface area (Å²) >= 11 is 0. The van der Waals surface area contributed by atoms with Gasteiger partial charge in [-0.05, 0) is 61.0 Å². The topological polar surface area (TPSA) is 207 Å². The lowest BCUT2D eigenvalue weighted by molar-refractivity contribution is 0.0468. The number of benzene rings is 7. The van der Waals surface area contributed by atoms with E-state index in [9.17, 15) is 0 Å². The van der Waals surface area contributed by atoms with Crippen LogP contribution in [0.2, 0.25) is 0 Å². The van der Waals surface area contributed by atoms with Gasteiger partial charge in [-0.3, -0.25) is 9.59 Å². The molecule has 2 aliphatic rings. The van der Waals surface area contributed by atoms with Crippen LogP contribution >= 0.6 is 0 Å². The third-order valence-corrected chi connectivity index (χ3v) is 14.8. The molecule has 22 nitrogen and oxygen atoms in total. The Morgan fingerprint density at radius 1 is 0.307 bits per heavy atom. The van der Waals surface area contributed by atoms with Crippen LogP contribution in [0, 0.1) is 0 Å². The molecule has 2 aliphatic heterocycles. The Kier molecular flexibility index (Phi) is 25.5. The molecular weight excluding hydrogens is 1140 g/mol. The van der Waals surface area contributed by atoms with Crippen molar-refractivity contribution in [1.29, 1.82) is 0 Å². The van der Waals surface area contributed by atoms with Gasteiger partial charge in [-0.2, -0.15) is 0 Å². The number of imide groups is 1. The van der Waals surface area contributed by atoms with Crippen molar-refractivity contribution in [3.8, 4) is 34.5 Å². The minimum Gasteiger partial charge on any atom is -0.487 e. The number of rotatable bonds is 44. The molecule has 7 aromatic rings. The van der Waals surface area contributed by atoms with Crippen LogP contribution in [0.4, 0.5) is 11.4 Å². The predicted octanol–water partition coefficient (Wildman–Crippen LogP) is 8.31. The molecule has 2 heterocycles. The van der Waals surface area contributed by atoms with Crippen LogP contribution in [-0.2, 0) is 69.9 Å². The molecule has 2 amide bonds. The number of anilines is 2. The van der Waals surface area contributed by atoms with Crippen molar-refractivity contribution >= 4 is 66.3 Å². The SMILES string of the molecule is COCCOCCOc1cc(N2Cc3ccc4c5ccc6c7c(ccc(c8ccc(c3c48)C2)c75)C(=O)N(c2cc(OCCOCCOC)c(OCCOCCOC)c(OCCOCCOC)c2)C6=O)cc(OCCOCCOC)c1OCCOCCOC. The van der Waals surface area contributed by atoms with E-state index in [-0.39, 0.29) is 82.4 Å². The smallest absolute Gasteiger partial charge is 0.265 e. The quantitative estimate of drug-likeness (QED) is 0.0152. The summed E-state index contributed by atoms with van der Waals surface area (Å²) in [7, 11) is 9.70. The maximum Gasteiger partial charge on any atom is 0.265 e. The molecule has 0 unspecified atom stereocenters. The van der Waals surface area contributed by atoms with E-state index in [0.29, 0.717) is 146 Å². The molecule has 88 heavy (non-hydrogen) atoms. The van der Waals surface area contributed by atoms with Gasteiger partial charge in [0.1, 0.15) is 39.6 Å². The van der Waals surface area contributed by atoms with Crippen LogP contribution in [0.3, 0.4) is 0 Å². The zero-order valence-electron chi connectivity index (χ0n) is 51.4. The molecule has 0 bridgehead atoms. The molecule has 0 atom stereocenters. The van der Waals surface area contributed by atoms with Crippen LogP contribution in [0.25, 0.3) is 43.1 Å². The third-order valence-electron chi connectivity index (χ3n) is 14.8. The number of carbonyl (C=O) groups is 2. The second-order valence-electron chi connectivity index (χ2n) is 20.4. The summed E-state index contributed by atoms with van der Waals surface area (Å²) in [4.78, 5) is 33.9. The van der Waals surface area contributed by atoms with Gasteiger partial charge in [-0.1, -0.05) is 36.4 Å². The van der Waals surface area contributed by atoms with Crippen LogP contribution < -0.4 is 38.2 Å². The van der Waals surface area contributed by atoms with Gasteiger partial charge in [0.25, 0.3) is 11.8 Å². The Bertz CT molecular complexity index is 3170. The third kappa shape index (κ3) is 16.1. The minimum atomic E-state index is -0.500. The Hall–Kier alpha value is -6.90. The second kappa shape index (κ2) is 34.2. The zero-order valence-corrected chi connectivity index (χ0v) is 51.4. The van der Waals surface area contributed by atoms with E-state index in [2.05, 4.69) is 29.2 Å². The molecule has 476 valence electrons. The normalized spacial score (nSPS) is 13.1. The number of nitrogens with zero attached hydrogens (tertiary/aromatic N) is 2. The molecule has 22 heteroatoms. The van der Waals surface area contributed by atoms with E-state index in [1.807, 2.05) is 36.4 Å². The number of amides is 2. The Morgan fingerprint density at radius 3 is 0.920 bits per heavy atom. The number of hydrogen-bond donors (Lipinski definition) is 0. The summed E-state index contributed by atoms with van der Waals surface area (Å²) in [5, 5.41) is 7.62. The van der Waals surface area contributed by atoms with Crippen molar-refractivity contribution < 1.29 is 94.9 Å². The maximum atomic E-state index is 15.2. The van der Waals surface area contributed by atoms with Gasteiger partial charge < -0.3 is 90.2 Å². The van der Waals surface area contributed by atoms with Crippen molar-refractivity contribution in [2.24, 2.45) is 0 Å². The first-order chi connectivity index (χ1) is 43.3. The van der Waals surface area contributed by atoms with Crippen molar-refractivity contribution in [2.75, 3.05) is 211 Å². The molecule has 0 aliphatic carbocycles.